The Bertz CT molecular complexity index is 484. The number of hydrogen-bond donors (Lipinski definition) is 0. The van der Waals surface area contributed by atoms with Gasteiger partial charge in [-0.1, -0.05) is 84.6 Å². The van der Waals surface area contributed by atoms with E-state index in [0.29, 0.717) is 6.17 Å². The highest BCUT2D eigenvalue weighted by atomic mass is 32.2. The van der Waals surface area contributed by atoms with E-state index in [9.17, 15) is 0 Å². The number of benzene rings is 2. The minimum absolute atomic E-state index is 0.352. The highest BCUT2D eigenvalue weighted by molar-refractivity contribution is 7.97. The summed E-state index contributed by atoms with van der Waals surface area (Å²) in [4.78, 5) is 0. The molecule has 4 heteroatoms. The first-order chi connectivity index (χ1) is 10.7. The fraction of sp³-hybridized carbons (Fsp3) is 0.333. The molecule has 0 aliphatic heterocycles. The molecule has 0 saturated carbocycles. The second-order valence-corrected chi connectivity index (χ2v) is 6.79. The molecular weight excluding hydrogens is 308 g/mol. The lowest BCUT2D eigenvalue weighted by Crippen LogP contribution is -2.38. The van der Waals surface area contributed by atoms with Gasteiger partial charge in [-0.2, -0.15) is 0 Å². The molecule has 0 aromatic heterocycles. The standard InChI is InChI=1S/C18H24N2S2/c1-16(19(21-2)14-17-10-6-4-7-11-17)20(22-3)15-18-12-8-5-9-13-18/h4-13,16H,14-15H2,1-3H3. The van der Waals surface area contributed by atoms with Crippen molar-refractivity contribution >= 4 is 23.9 Å². The highest BCUT2D eigenvalue weighted by Gasteiger charge is 2.20. The van der Waals surface area contributed by atoms with Crippen LogP contribution in [0.25, 0.3) is 0 Å². The Labute approximate surface area is 143 Å². The van der Waals surface area contributed by atoms with Crippen LogP contribution in [0.4, 0.5) is 0 Å². The van der Waals surface area contributed by atoms with Gasteiger partial charge in [0.25, 0.3) is 0 Å². The van der Waals surface area contributed by atoms with Gasteiger partial charge in [-0.15, -0.1) is 0 Å². The molecule has 0 fully saturated rings. The van der Waals surface area contributed by atoms with Crippen LogP contribution in [0.2, 0.25) is 0 Å². The summed E-state index contributed by atoms with van der Waals surface area (Å²) in [5, 5.41) is 0. The smallest absolute Gasteiger partial charge is 0.0795 e. The molecule has 0 unspecified atom stereocenters. The van der Waals surface area contributed by atoms with E-state index < -0.39 is 0 Å². The second kappa shape index (κ2) is 9.26. The molecule has 0 bridgehead atoms. The molecule has 0 aliphatic rings. The number of hydrogen-bond acceptors (Lipinski definition) is 4. The minimum atomic E-state index is 0.352. The topological polar surface area (TPSA) is 6.48 Å². The quantitative estimate of drug-likeness (QED) is 0.501. The third kappa shape index (κ3) is 5.06. The van der Waals surface area contributed by atoms with Crippen molar-refractivity contribution in [1.29, 1.82) is 0 Å². The van der Waals surface area contributed by atoms with Crippen molar-refractivity contribution in [3.05, 3.63) is 71.8 Å². The van der Waals surface area contributed by atoms with Crippen molar-refractivity contribution in [2.75, 3.05) is 12.5 Å². The van der Waals surface area contributed by atoms with Crippen molar-refractivity contribution in [1.82, 2.24) is 8.61 Å². The van der Waals surface area contributed by atoms with E-state index in [1.807, 2.05) is 0 Å². The van der Waals surface area contributed by atoms with Crippen LogP contribution in [0.15, 0.2) is 60.7 Å². The summed E-state index contributed by atoms with van der Waals surface area (Å²) in [5.74, 6) is 0. The molecule has 0 N–H and O–H groups in total. The maximum Gasteiger partial charge on any atom is 0.0795 e. The molecule has 0 atom stereocenters. The molecule has 2 nitrogen and oxygen atoms in total. The van der Waals surface area contributed by atoms with Gasteiger partial charge in [-0.3, -0.25) is 0 Å². The zero-order valence-electron chi connectivity index (χ0n) is 13.5. The fourth-order valence-electron chi connectivity index (χ4n) is 2.37. The maximum atomic E-state index is 2.43. The minimum Gasteiger partial charge on any atom is -0.229 e. The van der Waals surface area contributed by atoms with Crippen molar-refractivity contribution in [3.8, 4) is 0 Å². The lowest BCUT2D eigenvalue weighted by molar-refractivity contribution is 0.215. The van der Waals surface area contributed by atoms with Gasteiger partial charge in [0.05, 0.1) is 6.17 Å². The second-order valence-electron chi connectivity index (χ2n) is 5.12. The van der Waals surface area contributed by atoms with Gasteiger partial charge in [-0.25, -0.2) is 8.61 Å². The maximum absolute atomic E-state index is 2.43. The highest BCUT2D eigenvalue weighted by Crippen LogP contribution is 2.24. The molecule has 0 heterocycles. The van der Waals surface area contributed by atoms with Crippen LogP contribution in [0.3, 0.4) is 0 Å². The molecule has 0 amide bonds. The first kappa shape index (κ1) is 17.4. The summed E-state index contributed by atoms with van der Waals surface area (Å²) >= 11 is 3.61. The van der Waals surface area contributed by atoms with Gasteiger partial charge in [0.2, 0.25) is 0 Å². The van der Waals surface area contributed by atoms with E-state index in [2.05, 4.69) is 88.7 Å². The SMILES string of the molecule is CSN(Cc1ccccc1)C(C)N(Cc1ccccc1)SC. The normalized spacial score (nSPS) is 11.5. The van der Waals surface area contributed by atoms with Gasteiger partial charge in [0.1, 0.15) is 0 Å². The molecule has 0 saturated heterocycles. The third-order valence-electron chi connectivity index (χ3n) is 3.67. The zero-order chi connectivity index (χ0) is 15.8. The van der Waals surface area contributed by atoms with Gasteiger partial charge in [-0.05, 0) is 30.6 Å². The largest absolute Gasteiger partial charge is 0.229 e. The summed E-state index contributed by atoms with van der Waals surface area (Å²) in [6.07, 6.45) is 4.66. The van der Waals surface area contributed by atoms with Gasteiger partial charge in [0, 0.05) is 13.1 Å². The molecule has 2 rings (SSSR count). The zero-order valence-corrected chi connectivity index (χ0v) is 15.1. The Kier molecular flexibility index (Phi) is 7.33. The molecule has 0 radical (unpaired) electrons. The van der Waals surface area contributed by atoms with Crippen molar-refractivity contribution < 1.29 is 0 Å². The van der Waals surface area contributed by atoms with Crippen molar-refractivity contribution in [2.24, 2.45) is 0 Å². The third-order valence-corrected chi connectivity index (χ3v) is 5.47. The van der Waals surface area contributed by atoms with Gasteiger partial charge < -0.3 is 0 Å². The fourth-order valence-corrected chi connectivity index (χ4v) is 3.82. The van der Waals surface area contributed by atoms with Crippen molar-refractivity contribution in [3.63, 3.8) is 0 Å². The van der Waals surface area contributed by atoms with Crippen LogP contribution in [0.5, 0.6) is 0 Å². The van der Waals surface area contributed by atoms with E-state index in [1.165, 1.54) is 11.1 Å². The number of nitrogens with zero attached hydrogens (tertiary/aromatic N) is 2. The summed E-state index contributed by atoms with van der Waals surface area (Å²) in [7, 11) is 0. The molecule has 2 aromatic rings. The van der Waals surface area contributed by atoms with E-state index in [-0.39, 0.29) is 0 Å². The Morgan fingerprint density at radius 3 is 1.41 bits per heavy atom. The van der Waals surface area contributed by atoms with E-state index >= 15 is 0 Å². The summed E-state index contributed by atoms with van der Waals surface area (Å²) in [6, 6.07) is 21.3. The monoisotopic (exact) mass is 332 g/mol. The molecular formula is C18H24N2S2. The van der Waals surface area contributed by atoms with E-state index in [0.717, 1.165) is 13.1 Å². The number of rotatable bonds is 8. The molecule has 2 aromatic carbocycles. The summed E-state index contributed by atoms with van der Waals surface area (Å²) in [5.41, 5.74) is 2.70. The Hall–Kier alpha value is -0.940. The Morgan fingerprint density at radius 1 is 0.727 bits per heavy atom. The van der Waals surface area contributed by atoms with Crippen LogP contribution >= 0.6 is 23.9 Å². The predicted molar refractivity (Wildman–Crippen MR) is 100 cm³/mol. The Morgan fingerprint density at radius 2 is 1.09 bits per heavy atom. The van der Waals surface area contributed by atoms with Gasteiger partial charge >= 0.3 is 0 Å². The summed E-state index contributed by atoms with van der Waals surface area (Å²) < 4.78 is 4.85. The Balaban J connectivity index is 2.03. The lowest BCUT2D eigenvalue weighted by atomic mass is 10.2. The molecule has 0 spiro atoms. The summed E-state index contributed by atoms with van der Waals surface area (Å²) in [6.45, 7) is 4.18. The lowest BCUT2D eigenvalue weighted by Gasteiger charge is -2.34. The average Bonchev–Trinajstić information content (AvgIpc) is 2.59. The van der Waals surface area contributed by atoms with Gasteiger partial charge in [0.15, 0.2) is 0 Å². The van der Waals surface area contributed by atoms with Crippen LogP contribution < -0.4 is 0 Å². The van der Waals surface area contributed by atoms with Crippen LogP contribution in [0, 0.1) is 0 Å². The average molecular weight is 333 g/mol. The molecule has 0 aliphatic carbocycles. The molecule has 22 heavy (non-hydrogen) atoms. The first-order valence-corrected chi connectivity index (χ1v) is 9.80. The van der Waals surface area contributed by atoms with Crippen LogP contribution in [-0.2, 0) is 13.1 Å². The van der Waals surface area contributed by atoms with E-state index in [1.54, 1.807) is 23.9 Å². The molecule has 118 valence electrons. The first-order valence-electron chi connectivity index (χ1n) is 7.44. The van der Waals surface area contributed by atoms with Crippen LogP contribution in [-0.4, -0.2) is 27.3 Å². The van der Waals surface area contributed by atoms with Crippen LogP contribution in [0.1, 0.15) is 18.1 Å². The van der Waals surface area contributed by atoms with E-state index in [4.69, 9.17) is 0 Å². The van der Waals surface area contributed by atoms with Crippen molar-refractivity contribution in [2.45, 2.75) is 26.2 Å². The predicted octanol–water partition coefficient (Wildman–Crippen LogP) is 4.89.